The Hall–Kier alpha value is -2.99. The zero-order valence-corrected chi connectivity index (χ0v) is 16.1. The molecule has 3 aromatic heterocycles. The predicted molar refractivity (Wildman–Crippen MR) is 111 cm³/mol. The maximum atomic E-state index is 12.8. The molecule has 28 heavy (non-hydrogen) atoms. The highest BCUT2D eigenvalue weighted by molar-refractivity contribution is 5.84. The summed E-state index contributed by atoms with van der Waals surface area (Å²) in [5, 5.41) is 0.638. The zero-order chi connectivity index (χ0) is 19.3. The minimum Gasteiger partial charge on any atom is -0.320 e. The van der Waals surface area contributed by atoms with Crippen molar-refractivity contribution in [1.29, 1.82) is 0 Å². The lowest BCUT2D eigenvalue weighted by molar-refractivity contribution is 0.251. The van der Waals surface area contributed by atoms with Crippen LogP contribution in [-0.4, -0.2) is 44.4 Å². The van der Waals surface area contributed by atoms with Crippen molar-refractivity contribution in [2.24, 2.45) is 0 Å². The van der Waals surface area contributed by atoms with Gasteiger partial charge in [-0.1, -0.05) is 6.07 Å². The van der Waals surface area contributed by atoms with Crippen LogP contribution in [0.15, 0.2) is 47.7 Å². The highest BCUT2D eigenvalue weighted by atomic mass is 16.1. The van der Waals surface area contributed by atoms with E-state index in [1.165, 1.54) is 0 Å². The fourth-order valence-electron chi connectivity index (χ4n) is 4.08. The summed E-state index contributed by atoms with van der Waals surface area (Å²) in [6.45, 7) is 4.06. The largest absolute Gasteiger partial charge is 0.320 e. The monoisotopic (exact) mass is 373 g/mol. The van der Waals surface area contributed by atoms with Gasteiger partial charge in [0.15, 0.2) is 0 Å². The standard InChI is InChI=1S/C22H23N5O/c1-14-12-27-13-17(9-18(27)11-23-14)16-3-4-20-19(10-16)22(28)25-21(24-20)15-5-7-26(2)8-6-15/h3-4,9-13,15H,5-8H2,1-2H3,(H,24,25,28). The van der Waals surface area contributed by atoms with Gasteiger partial charge in [0.2, 0.25) is 0 Å². The first-order valence-corrected chi connectivity index (χ1v) is 9.74. The van der Waals surface area contributed by atoms with Gasteiger partial charge in [-0.25, -0.2) is 4.98 Å². The van der Waals surface area contributed by atoms with E-state index in [-0.39, 0.29) is 5.56 Å². The number of aryl methyl sites for hydroxylation is 1. The van der Waals surface area contributed by atoms with E-state index < -0.39 is 0 Å². The third-order valence-corrected chi connectivity index (χ3v) is 5.77. The van der Waals surface area contributed by atoms with E-state index in [4.69, 9.17) is 4.98 Å². The van der Waals surface area contributed by atoms with Crippen molar-refractivity contribution < 1.29 is 0 Å². The topological polar surface area (TPSA) is 66.3 Å². The third-order valence-electron chi connectivity index (χ3n) is 5.77. The normalized spacial score (nSPS) is 16.2. The average Bonchev–Trinajstić information content (AvgIpc) is 3.11. The summed E-state index contributed by atoms with van der Waals surface area (Å²) in [6, 6.07) is 8.03. The molecule has 0 amide bonds. The molecule has 0 bridgehead atoms. The van der Waals surface area contributed by atoms with Crippen LogP contribution in [0.25, 0.3) is 27.5 Å². The highest BCUT2D eigenvalue weighted by Crippen LogP contribution is 2.27. The molecule has 0 radical (unpaired) electrons. The van der Waals surface area contributed by atoms with Crippen LogP contribution in [-0.2, 0) is 0 Å². The second-order valence-electron chi connectivity index (χ2n) is 7.85. The molecule has 6 nitrogen and oxygen atoms in total. The maximum absolute atomic E-state index is 12.8. The van der Waals surface area contributed by atoms with Crippen molar-refractivity contribution in [2.75, 3.05) is 20.1 Å². The fourth-order valence-corrected chi connectivity index (χ4v) is 4.08. The Morgan fingerprint density at radius 2 is 1.93 bits per heavy atom. The molecule has 5 rings (SSSR count). The van der Waals surface area contributed by atoms with Gasteiger partial charge in [-0.05, 0) is 63.7 Å². The van der Waals surface area contributed by atoms with Gasteiger partial charge in [-0.3, -0.25) is 9.78 Å². The number of benzene rings is 1. The van der Waals surface area contributed by atoms with Gasteiger partial charge in [0.1, 0.15) is 5.82 Å². The lowest BCUT2D eigenvalue weighted by Crippen LogP contribution is -2.30. The van der Waals surface area contributed by atoms with Crippen molar-refractivity contribution in [3.8, 4) is 11.1 Å². The van der Waals surface area contributed by atoms with Gasteiger partial charge < -0.3 is 14.3 Å². The van der Waals surface area contributed by atoms with Crippen molar-refractivity contribution in [3.05, 3.63) is 64.7 Å². The first-order chi connectivity index (χ1) is 13.6. The number of hydrogen-bond donors (Lipinski definition) is 1. The molecule has 1 aliphatic heterocycles. The molecule has 0 aliphatic carbocycles. The summed E-state index contributed by atoms with van der Waals surface area (Å²) < 4.78 is 2.06. The van der Waals surface area contributed by atoms with E-state index in [0.29, 0.717) is 11.3 Å². The number of aromatic amines is 1. The van der Waals surface area contributed by atoms with Crippen molar-refractivity contribution in [3.63, 3.8) is 0 Å². The highest BCUT2D eigenvalue weighted by Gasteiger charge is 2.21. The van der Waals surface area contributed by atoms with Gasteiger partial charge in [0, 0.05) is 23.9 Å². The first kappa shape index (κ1) is 17.1. The SMILES string of the molecule is Cc1cn2cc(-c3ccc4nc(C5CCN(C)CC5)[nH]c(=O)c4c3)cc2cn1. The summed E-state index contributed by atoms with van der Waals surface area (Å²) in [5.41, 5.74) is 4.78. The molecule has 0 unspecified atom stereocenters. The van der Waals surface area contributed by atoms with Crippen LogP contribution in [0.1, 0.15) is 30.3 Å². The number of likely N-dealkylation sites (tertiary alicyclic amines) is 1. The summed E-state index contributed by atoms with van der Waals surface area (Å²) in [6.07, 6.45) is 8.01. The van der Waals surface area contributed by atoms with E-state index in [1.54, 1.807) is 0 Å². The molecule has 1 aliphatic rings. The summed E-state index contributed by atoms with van der Waals surface area (Å²) in [5.74, 6) is 1.16. The van der Waals surface area contributed by atoms with E-state index in [2.05, 4.69) is 38.6 Å². The zero-order valence-electron chi connectivity index (χ0n) is 16.1. The number of nitrogens with zero attached hydrogens (tertiary/aromatic N) is 4. The van der Waals surface area contributed by atoms with Crippen molar-refractivity contribution in [2.45, 2.75) is 25.7 Å². The molecule has 0 atom stereocenters. The average molecular weight is 373 g/mol. The van der Waals surface area contributed by atoms with Crippen molar-refractivity contribution in [1.82, 2.24) is 24.3 Å². The van der Waals surface area contributed by atoms with Crippen LogP contribution in [0.2, 0.25) is 0 Å². The lowest BCUT2D eigenvalue weighted by atomic mass is 9.96. The maximum Gasteiger partial charge on any atom is 0.258 e. The molecule has 1 N–H and O–H groups in total. The van der Waals surface area contributed by atoms with Crippen LogP contribution in [0.4, 0.5) is 0 Å². The van der Waals surface area contributed by atoms with E-state index in [1.807, 2.05) is 37.5 Å². The Bertz CT molecular complexity index is 1230. The Labute approximate surface area is 162 Å². The summed E-state index contributed by atoms with van der Waals surface area (Å²) in [4.78, 5) is 27.3. The number of fused-ring (bicyclic) bond motifs is 2. The van der Waals surface area contributed by atoms with Crippen LogP contribution < -0.4 is 5.56 Å². The van der Waals surface area contributed by atoms with E-state index >= 15 is 0 Å². The molecule has 1 aromatic carbocycles. The molecule has 0 spiro atoms. The molecule has 4 aromatic rings. The van der Waals surface area contributed by atoms with Crippen LogP contribution in [0.5, 0.6) is 0 Å². The van der Waals surface area contributed by atoms with Crippen LogP contribution in [0, 0.1) is 6.92 Å². The fraction of sp³-hybridized carbons (Fsp3) is 0.318. The number of rotatable bonds is 2. The number of H-pyrrole nitrogens is 1. The molecule has 1 fully saturated rings. The van der Waals surface area contributed by atoms with Gasteiger partial charge >= 0.3 is 0 Å². The van der Waals surface area contributed by atoms with E-state index in [9.17, 15) is 4.79 Å². The van der Waals surface area contributed by atoms with E-state index in [0.717, 1.165) is 59.6 Å². The Balaban J connectivity index is 1.54. The Morgan fingerprint density at radius 3 is 2.75 bits per heavy atom. The van der Waals surface area contributed by atoms with Gasteiger partial charge in [0.05, 0.1) is 28.3 Å². The molecule has 0 saturated carbocycles. The van der Waals surface area contributed by atoms with Gasteiger partial charge in [-0.2, -0.15) is 0 Å². The number of hydrogen-bond acceptors (Lipinski definition) is 4. The Morgan fingerprint density at radius 1 is 1.11 bits per heavy atom. The van der Waals surface area contributed by atoms with Gasteiger partial charge in [0.25, 0.3) is 5.56 Å². The summed E-state index contributed by atoms with van der Waals surface area (Å²) >= 11 is 0. The molecular formula is C22H23N5O. The number of piperidine rings is 1. The van der Waals surface area contributed by atoms with Gasteiger partial charge in [-0.15, -0.1) is 0 Å². The van der Waals surface area contributed by atoms with Crippen molar-refractivity contribution >= 4 is 16.4 Å². The van der Waals surface area contributed by atoms with Crippen LogP contribution >= 0.6 is 0 Å². The Kier molecular flexibility index (Phi) is 4.02. The van der Waals surface area contributed by atoms with Crippen LogP contribution in [0.3, 0.4) is 0 Å². The third kappa shape index (κ3) is 2.99. The summed E-state index contributed by atoms with van der Waals surface area (Å²) in [7, 11) is 2.14. The molecule has 4 heterocycles. The second-order valence-corrected chi connectivity index (χ2v) is 7.85. The second kappa shape index (κ2) is 6.56. The molecule has 142 valence electrons. The minimum atomic E-state index is -0.0537. The minimum absolute atomic E-state index is 0.0537. The molecular weight excluding hydrogens is 350 g/mol. The predicted octanol–water partition coefficient (Wildman–Crippen LogP) is 3.36. The smallest absolute Gasteiger partial charge is 0.258 e. The number of nitrogens with one attached hydrogen (secondary N) is 1. The lowest BCUT2D eigenvalue weighted by Gasteiger charge is -2.28. The molecule has 6 heteroatoms. The first-order valence-electron chi connectivity index (χ1n) is 9.74. The quantitative estimate of drug-likeness (QED) is 0.585. The number of aromatic nitrogens is 4. The molecule has 1 saturated heterocycles.